The molecule has 110 valence electrons. The smallest absolute Gasteiger partial charge is 0.269 e. The molecule has 2 aromatic rings. The van der Waals surface area contributed by atoms with Crippen LogP contribution in [-0.4, -0.2) is 33.9 Å². The van der Waals surface area contributed by atoms with Crippen molar-refractivity contribution < 1.29 is 9.90 Å². The maximum absolute atomic E-state index is 12.2. The second-order valence-corrected chi connectivity index (χ2v) is 5.46. The van der Waals surface area contributed by atoms with Crippen LogP contribution in [0.3, 0.4) is 0 Å². The SMILES string of the molecule is O=C(NC(CCO)C1CC1)c1cc(-c2ccccc2)n[nH]1. The summed E-state index contributed by atoms with van der Waals surface area (Å²) in [6.07, 6.45) is 2.86. The van der Waals surface area contributed by atoms with Gasteiger partial charge in [0.1, 0.15) is 5.69 Å². The molecule has 1 atom stereocenters. The van der Waals surface area contributed by atoms with Gasteiger partial charge in [-0.15, -0.1) is 0 Å². The van der Waals surface area contributed by atoms with Crippen LogP contribution in [0.15, 0.2) is 36.4 Å². The number of benzene rings is 1. The van der Waals surface area contributed by atoms with Gasteiger partial charge >= 0.3 is 0 Å². The molecule has 3 rings (SSSR count). The fourth-order valence-electron chi connectivity index (χ4n) is 2.50. The van der Waals surface area contributed by atoms with Gasteiger partial charge in [-0.25, -0.2) is 0 Å². The number of nitrogens with zero attached hydrogens (tertiary/aromatic N) is 1. The lowest BCUT2D eigenvalue weighted by atomic mass is 10.1. The fourth-order valence-corrected chi connectivity index (χ4v) is 2.50. The predicted molar refractivity (Wildman–Crippen MR) is 79.7 cm³/mol. The van der Waals surface area contributed by atoms with Crippen molar-refractivity contribution in [2.45, 2.75) is 25.3 Å². The highest BCUT2D eigenvalue weighted by Gasteiger charge is 2.32. The molecule has 5 nitrogen and oxygen atoms in total. The van der Waals surface area contributed by atoms with E-state index in [-0.39, 0.29) is 18.6 Å². The summed E-state index contributed by atoms with van der Waals surface area (Å²) in [5, 5.41) is 19.0. The van der Waals surface area contributed by atoms with Gasteiger partial charge < -0.3 is 10.4 Å². The maximum Gasteiger partial charge on any atom is 0.269 e. The van der Waals surface area contributed by atoms with Crippen LogP contribution >= 0.6 is 0 Å². The van der Waals surface area contributed by atoms with Gasteiger partial charge in [0.05, 0.1) is 5.69 Å². The van der Waals surface area contributed by atoms with Crippen molar-refractivity contribution in [3.05, 3.63) is 42.1 Å². The lowest BCUT2D eigenvalue weighted by Crippen LogP contribution is -2.37. The summed E-state index contributed by atoms with van der Waals surface area (Å²) in [7, 11) is 0. The predicted octanol–water partition coefficient (Wildman–Crippen LogP) is 1.97. The summed E-state index contributed by atoms with van der Waals surface area (Å²) in [6.45, 7) is 0.0969. The summed E-state index contributed by atoms with van der Waals surface area (Å²) in [6, 6.07) is 11.5. The third-order valence-corrected chi connectivity index (χ3v) is 3.84. The van der Waals surface area contributed by atoms with Crippen molar-refractivity contribution in [2.24, 2.45) is 5.92 Å². The molecule has 1 unspecified atom stereocenters. The maximum atomic E-state index is 12.2. The Kier molecular flexibility index (Phi) is 4.01. The van der Waals surface area contributed by atoms with Gasteiger partial charge in [0.15, 0.2) is 0 Å². The lowest BCUT2D eigenvalue weighted by Gasteiger charge is -2.16. The first-order chi connectivity index (χ1) is 10.3. The Morgan fingerprint density at radius 2 is 2.14 bits per heavy atom. The van der Waals surface area contributed by atoms with Crippen molar-refractivity contribution in [2.75, 3.05) is 6.61 Å². The molecule has 0 radical (unpaired) electrons. The second kappa shape index (κ2) is 6.10. The molecule has 1 amide bonds. The van der Waals surface area contributed by atoms with Gasteiger partial charge in [-0.2, -0.15) is 5.10 Å². The Bertz CT molecular complexity index is 605. The van der Waals surface area contributed by atoms with Crippen molar-refractivity contribution in [3.8, 4) is 11.3 Å². The van der Waals surface area contributed by atoms with E-state index in [1.165, 1.54) is 0 Å². The van der Waals surface area contributed by atoms with Gasteiger partial charge in [-0.05, 0) is 31.2 Å². The van der Waals surface area contributed by atoms with Gasteiger partial charge in [0, 0.05) is 18.2 Å². The summed E-state index contributed by atoms with van der Waals surface area (Å²) in [5.74, 6) is 0.354. The minimum atomic E-state index is -0.157. The molecule has 1 aromatic carbocycles. The summed E-state index contributed by atoms with van der Waals surface area (Å²) in [4.78, 5) is 12.2. The minimum Gasteiger partial charge on any atom is -0.396 e. The zero-order valence-electron chi connectivity index (χ0n) is 11.7. The fraction of sp³-hybridized carbons (Fsp3) is 0.375. The molecule has 1 fully saturated rings. The van der Waals surface area contributed by atoms with Gasteiger partial charge in [-0.3, -0.25) is 9.89 Å². The van der Waals surface area contributed by atoms with Crippen LogP contribution in [0.1, 0.15) is 29.8 Å². The quantitative estimate of drug-likeness (QED) is 0.759. The molecule has 0 saturated heterocycles. The molecule has 0 bridgehead atoms. The number of aromatic amines is 1. The summed E-state index contributed by atoms with van der Waals surface area (Å²) in [5.41, 5.74) is 2.19. The van der Waals surface area contributed by atoms with Crippen molar-refractivity contribution in [1.29, 1.82) is 0 Å². The second-order valence-electron chi connectivity index (χ2n) is 5.46. The zero-order chi connectivity index (χ0) is 14.7. The Hall–Kier alpha value is -2.14. The Balaban J connectivity index is 1.69. The van der Waals surface area contributed by atoms with Crippen LogP contribution in [0.25, 0.3) is 11.3 Å². The van der Waals surface area contributed by atoms with E-state index in [1.807, 2.05) is 30.3 Å². The Labute approximate surface area is 123 Å². The highest BCUT2D eigenvalue weighted by Crippen LogP contribution is 2.34. The number of H-pyrrole nitrogens is 1. The largest absolute Gasteiger partial charge is 0.396 e. The number of carbonyl (C=O) groups excluding carboxylic acids is 1. The number of carbonyl (C=O) groups is 1. The van der Waals surface area contributed by atoms with E-state index in [0.29, 0.717) is 18.0 Å². The number of hydrogen-bond donors (Lipinski definition) is 3. The van der Waals surface area contributed by atoms with Crippen LogP contribution in [0.2, 0.25) is 0 Å². The normalized spacial score (nSPS) is 15.7. The molecule has 1 aromatic heterocycles. The van der Waals surface area contributed by atoms with E-state index in [2.05, 4.69) is 15.5 Å². The summed E-state index contributed by atoms with van der Waals surface area (Å²) >= 11 is 0. The zero-order valence-corrected chi connectivity index (χ0v) is 11.7. The molecule has 1 aliphatic rings. The summed E-state index contributed by atoms with van der Waals surface area (Å²) < 4.78 is 0. The van der Waals surface area contributed by atoms with Gasteiger partial charge in [0.25, 0.3) is 5.91 Å². The number of nitrogens with one attached hydrogen (secondary N) is 2. The van der Waals surface area contributed by atoms with E-state index in [1.54, 1.807) is 6.07 Å². The number of rotatable bonds is 6. The van der Waals surface area contributed by atoms with E-state index < -0.39 is 0 Å². The van der Waals surface area contributed by atoms with E-state index in [9.17, 15) is 4.79 Å². The van der Waals surface area contributed by atoms with Crippen LogP contribution in [0.5, 0.6) is 0 Å². The first-order valence-corrected chi connectivity index (χ1v) is 7.30. The molecule has 1 heterocycles. The highest BCUT2D eigenvalue weighted by atomic mass is 16.3. The number of amides is 1. The average molecular weight is 285 g/mol. The first kappa shape index (κ1) is 13.8. The van der Waals surface area contributed by atoms with Gasteiger partial charge in [0.2, 0.25) is 0 Å². The standard InChI is InChI=1S/C16H19N3O2/c20-9-8-13(12-6-7-12)17-16(21)15-10-14(18-19-15)11-4-2-1-3-5-11/h1-5,10,12-13,20H,6-9H2,(H,17,21)(H,18,19). The van der Waals surface area contributed by atoms with Gasteiger partial charge in [-0.1, -0.05) is 30.3 Å². The van der Waals surface area contributed by atoms with Crippen molar-refractivity contribution in [3.63, 3.8) is 0 Å². The molecule has 1 aliphatic carbocycles. The van der Waals surface area contributed by atoms with Crippen LogP contribution < -0.4 is 5.32 Å². The molecular formula is C16H19N3O2. The number of hydrogen-bond acceptors (Lipinski definition) is 3. The van der Waals surface area contributed by atoms with Crippen molar-refractivity contribution >= 4 is 5.91 Å². The third kappa shape index (κ3) is 3.31. The topological polar surface area (TPSA) is 78.0 Å². The van der Waals surface area contributed by atoms with E-state index in [0.717, 1.165) is 24.1 Å². The van der Waals surface area contributed by atoms with E-state index in [4.69, 9.17) is 5.11 Å². The molecule has 1 saturated carbocycles. The molecular weight excluding hydrogens is 266 g/mol. The van der Waals surface area contributed by atoms with Crippen LogP contribution in [0, 0.1) is 5.92 Å². The number of aromatic nitrogens is 2. The molecule has 0 aliphatic heterocycles. The Morgan fingerprint density at radius 1 is 1.38 bits per heavy atom. The first-order valence-electron chi connectivity index (χ1n) is 7.30. The minimum absolute atomic E-state index is 0.0611. The molecule has 21 heavy (non-hydrogen) atoms. The Morgan fingerprint density at radius 3 is 2.81 bits per heavy atom. The highest BCUT2D eigenvalue weighted by molar-refractivity contribution is 5.93. The molecule has 3 N–H and O–H groups in total. The molecule has 0 spiro atoms. The monoisotopic (exact) mass is 285 g/mol. The number of aliphatic hydroxyl groups is 1. The average Bonchev–Trinajstić information content (AvgIpc) is 3.24. The van der Waals surface area contributed by atoms with Crippen molar-refractivity contribution in [1.82, 2.24) is 15.5 Å². The third-order valence-electron chi connectivity index (χ3n) is 3.84. The molecule has 5 heteroatoms. The van der Waals surface area contributed by atoms with Crippen LogP contribution in [-0.2, 0) is 0 Å². The van der Waals surface area contributed by atoms with E-state index >= 15 is 0 Å². The number of aliphatic hydroxyl groups excluding tert-OH is 1. The lowest BCUT2D eigenvalue weighted by molar-refractivity contribution is 0.0919. The van der Waals surface area contributed by atoms with Crippen LogP contribution in [0.4, 0.5) is 0 Å².